The number of aliphatic hydroxyl groups excluding tert-OH is 1. The first kappa shape index (κ1) is 22.8. The molecule has 1 aromatic rings. The summed E-state index contributed by atoms with van der Waals surface area (Å²) >= 11 is 0. The molecular weight excluding hydrogens is 406 g/mol. The van der Waals surface area contributed by atoms with Crippen LogP contribution in [0.15, 0.2) is 18.2 Å². The molecule has 0 bridgehead atoms. The molecule has 1 saturated carbocycles. The molecule has 2 N–H and O–H groups in total. The van der Waals surface area contributed by atoms with E-state index in [0.29, 0.717) is 23.5 Å². The molecule has 1 fully saturated rings. The van der Waals surface area contributed by atoms with Gasteiger partial charge in [-0.25, -0.2) is 8.42 Å². The first-order valence-corrected chi connectivity index (χ1v) is 12.4. The lowest BCUT2D eigenvalue weighted by atomic mass is 9.99. The zero-order chi connectivity index (χ0) is 22.1. The summed E-state index contributed by atoms with van der Waals surface area (Å²) in [6.07, 6.45) is 3.49. The SMILES string of the molecule is C[C@H]1CN([C@@H](C)CO)C(=O)c2cc(NS(C)(=O)=O)ccc2O[C@H]1CN(C)CC1CC1. The maximum atomic E-state index is 13.3. The van der Waals surface area contributed by atoms with Gasteiger partial charge in [0.05, 0.1) is 24.5 Å². The summed E-state index contributed by atoms with van der Waals surface area (Å²) in [5.41, 5.74) is 0.603. The second-order valence-electron chi connectivity index (χ2n) is 8.87. The third-order valence-electron chi connectivity index (χ3n) is 5.73. The first-order chi connectivity index (χ1) is 14.1. The van der Waals surface area contributed by atoms with E-state index >= 15 is 0 Å². The zero-order valence-electron chi connectivity index (χ0n) is 18.2. The van der Waals surface area contributed by atoms with Gasteiger partial charge in [0.2, 0.25) is 10.0 Å². The lowest BCUT2D eigenvalue weighted by Gasteiger charge is -2.38. The van der Waals surface area contributed by atoms with Crippen LogP contribution < -0.4 is 9.46 Å². The topological polar surface area (TPSA) is 99.2 Å². The van der Waals surface area contributed by atoms with Gasteiger partial charge in [0, 0.05) is 31.2 Å². The number of rotatable bonds is 8. The van der Waals surface area contributed by atoms with E-state index in [1.54, 1.807) is 24.0 Å². The minimum Gasteiger partial charge on any atom is -0.488 e. The van der Waals surface area contributed by atoms with E-state index in [1.807, 2.05) is 0 Å². The van der Waals surface area contributed by atoms with Crippen LogP contribution in [0, 0.1) is 11.8 Å². The minimum atomic E-state index is -3.48. The Bertz CT molecular complexity index is 871. The van der Waals surface area contributed by atoms with Crippen LogP contribution in [0.2, 0.25) is 0 Å². The average Bonchev–Trinajstić information content (AvgIpc) is 3.47. The van der Waals surface area contributed by atoms with Gasteiger partial charge in [0.15, 0.2) is 0 Å². The van der Waals surface area contributed by atoms with Crippen molar-refractivity contribution in [2.75, 3.05) is 44.3 Å². The molecule has 3 atom stereocenters. The average molecular weight is 440 g/mol. The van der Waals surface area contributed by atoms with Crippen molar-refractivity contribution in [3.05, 3.63) is 23.8 Å². The Morgan fingerprint density at radius 1 is 1.33 bits per heavy atom. The number of nitrogens with zero attached hydrogens (tertiary/aromatic N) is 2. The molecule has 0 aromatic heterocycles. The van der Waals surface area contributed by atoms with Crippen molar-refractivity contribution < 1.29 is 23.1 Å². The third kappa shape index (κ3) is 5.86. The van der Waals surface area contributed by atoms with Crippen molar-refractivity contribution in [1.82, 2.24) is 9.80 Å². The molecule has 0 unspecified atom stereocenters. The molecule has 3 rings (SSSR count). The molecule has 8 nitrogen and oxygen atoms in total. The number of carbonyl (C=O) groups excluding carboxylic acids is 1. The van der Waals surface area contributed by atoms with Crippen LogP contribution in [0.3, 0.4) is 0 Å². The van der Waals surface area contributed by atoms with Crippen LogP contribution in [0.5, 0.6) is 5.75 Å². The first-order valence-electron chi connectivity index (χ1n) is 10.5. The highest BCUT2D eigenvalue weighted by Gasteiger charge is 2.34. The number of hydrogen-bond acceptors (Lipinski definition) is 6. The fraction of sp³-hybridized carbons (Fsp3) is 0.667. The van der Waals surface area contributed by atoms with E-state index in [9.17, 15) is 18.3 Å². The van der Waals surface area contributed by atoms with Gasteiger partial charge in [-0.05, 0) is 50.9 Å². The van der Waals surface area contributed by atoms with Gasteiger partial charge >= 0.3 is 0 Å². The predicted octanol–water partition coefficient (Wildman–Crippen LogP) is 1.62. The molecule has 1 aromatic carbocycles. The van der Waals surface area contributed by atoms with Crippen molar-refractivity contribution >= 4 is 21.6 Å². The normalized spacial score (nSPS) is 23.4. The lowest BCUT2D eigenvalue weighted by Crippen LogP contribution is -2.50. The highest BCUT2D eigenvalue weighted by Crippen LogP contribution is 2.32. The Balaban J connectivity index is 1.93. The fourth-order valence-corrected chi connectivity index (χ4v) is 4.40. The lowest BCUT2D eigenvalue weighted by molar-refractivity contribution is 0.0344. The summed E-state index contributed by atoms with van der Waals surface area (Å²) in [4.78, 5) is 17.2. The highest BCUT2D eigenvalue weighted by molar-refractivity contribution is 7.92. The fourth-order valence-electron chi connectivity index (χ4n) is 3.84. The summed E-state index contributed by atoms with van der Waals surface area (Å²) in [5, 5.41) is 9.70. The van der Waals surface area contributed by atoms with Crippen LogP contribution in [0.1, 0.15) is 37.0 Å². The second kappa shape index (κ2) is 9.11. The van der Waals surface area contributed by atoms with Crippen LogP contribution in [-0.4, -0.2) is 80.9 Å². The molecule has 0 saturated heterocycles. The van der Waals surface area contributed by atoms with Gasteiger partial charge in [-0.2, -0.15) is 0 Å². The molecular formula is C21H33N3O5S. The number of ether oxygens (including phenoxy) is 1. The number of fused-ring (bicyclic) bond motifs is 1. The number of anilines is 1. The summed E-state index contributed by atoms with van der Waals surface area (Å²) < 4.78 is 32.0. The third-order valence-corrected chi connectivity index (χ3v) is 6.33. The molecule has 0 spiro atoms. The number of benzene rings is 1. The van der Waals surface area contributed by atoms with E-state index in [4.69, 9.17) is 4.74 Å². The number of likely N-dealkylation sites (N-methyl/N-ethyl adjacent to an activating group) is 1. The molecule has 0 radical (unpaired) electrons. The van der Waals surface area contributed by atoms with Crippen LogP contribution in [0.4, 0.5) is 5.69 Å². The Morgan fingerprint density at radius 2 is 2.03 bits per heavy atom. The minimum absolute atomic E-state index is 0.0616. The second-order valence-corrected chi connectivity index (χ2v) is 10.6. The molecule has 1 heterocycles. The van der Waals surface area contributed by atoms with Crippen LogP contribution in [0.25, 0.3) is 0 Å². The van der Waals surface area contributed by atoms with Crippen molar-refractivity contribution in [3.63, 3.8) is 0 Å². The zero-order valence-corrected chi connectivity index (χ0v) is 19.0. The van der Waals surface area contributed by atoms with Gasteiger partial charge in [-0.15, -0.1) is 0 Å². The molecule has 9 heteroatoms. The van der Waals surface area contributed by atoms with Crippen molar-refractivity contribution in [3.8, 4) is 5.75 Å². The van der Waals surface area contributed by atoms with Crippen molar-refractivity contribution in [1.29, 1.82) is 0 Å². The molecule has 1 amide bonds. The Morgan fingerprint density at radius 3 is 2.63 bits per heavy atom. The van der Waals surface area contributed by atoms with Gasteiger partial charge in [-0.3, -0.25) is 9.52 Å². The molecule has 1 aliphatic heterocycles. The maximum absolute atomic E-state index is 13.3. The Kier molecular flexibility index (Phi) is 6.94. The number of nitrogens with one attached hydrogen (secondary N) is 1. The molecule has 1 aliphatic carbocycles. The van der Waals surface area contributed by atoms with E-state index in [0.717, 1.165) is 25.3 Å². The van der Waals surface area contributed by atoms with Gasteiger partial charge in [0.1, 0.15) is 11.9 Å². The van der Waals surface area contributed by atoms with E-state index in [1.165, 1.54) is 18.9 Å². The van der Waals surface area contributed by atoms with Crippen molar-refractivity contribution in [2.45, 2.75) is 38.8 Å². The largest absolute Gasteiger partial charge is 0.488 e. The quantitative estimate of drug-likeness (QED) is 0.639. The molecule has 2 aliphatic rings. The number of sulfonamides is 1. The van der Waals surface area contributed by atoms with E-state index in [2.05, 4.69) is 23.6 Å². The number of amides is 1. The monoisotopic (exact) mass is 439 g/mol. The van der Waals surface area contributed by atoms with Gasteiger partial charge in [0.25, 0.3) is 5.91 Å². The highest BCUT2D eigenvalue weighted by atomic mass is 32.2. The summed E-state index contributed by atoms with van der Waals surface area (Å²) in [5.74, 6) is 0.987. The molecule has 30 heavy (non-hydrogen) atoms. The summed E-state index contributed by atoms with van der Waals surface area (Å²) in [6.45, 7) is 5.93. The standard InChI is InChI=1S/C21H33N3O5S/c1-14-10-24(15(2)13-25)21(26)18-9-17(22-30(4,27)28)7-8-19(18)29-20(14)12-23(3)11-16-5-6-16/h7-9,14-16,20,22,25H,5-6,10-13H2,1-4H3/t14-,15-,20-/m0/s1. The van der Waals surface area contributed by atoms with Crippen LogP contribution >= 0.6 is 0 Å². The number of hydrogen-bond donors (Lipinski definition) is 2. The van der Waals surface area contributed by atoms with Gasteiger partial charge in [-0.1, -0.05) is 6.92 Å². The Hall–Kier alpha value is -1.84. The van der Waals surface area contributed by atoms with E-state index < -0.39 is 10.0 Å². The summed E-state index contributed by atoms with van der Waals surface area (Å²) in [6, 6.07) is 4.40. The number of carbonyl (C=O) groups is 1. The van der Waals surface area contributed by atoms with Gasteiger partial charge < -0.3 is 19.6 Å². The Labute approximate surface area is 179 Å². The smallest absolute Gasteiger partial charge is 0.258 e. The van der Waals surface area contributed by atoms with E-state index in [-0.39, 0.29) is 30.6 Å². The summed E-state index contributed by atoms with van der Waals surface area (Å²) in [7, 11) is -1.39. The van der Waals surface area contributed by atoms with Crippen molar-refractivity contribution in [2.24, 2.45) is 11.8 Å². The predicted molar refractivity (Wildman–Crippen MR) is 116 cm³/mol. The molecule has 168 valence electrons. The maximum Gasteiger partial charge on any atom is 0.258 e. The van der Waals surface area contributed by atoms with Crippen LogP contribution in [-0.2, 0) is 10.0 Å². The number of aliphatic hydroxyl groups is 1.